The molecule has 148 valence electrons. The second kappa shape index (κ2) is 9.21. The molecule has 28 heavy (non-hydrogen) atoms. The van der Waals surface area contributed by atoms with Gasteiger partial charge in [0.15, 0.2) is 6.61 Å². The van der Waals surface area contributed by atoms with Gasteiger partial charge in [-0.15, -0.1) is 0 Å². The number of carbonyl (C=O) groups excluding carboxylic acids is 2. The number of hydrogen-bond acceptors (Lipinski definition) is 4. The summed E-state index contributed by atoms with van der Waals surface area (Å²) in [4.78, 5) is 23.6. The molecule has 1 heterocycles. The van der Waals surface area contributed by atoms with E-state index in [1.807, 2.05) is 12.1 Å². The fraction of sp³-hybridized carbons (Fsp3) is 0.333. The molecule has 0 radical (unpaired) electrons. The Morgan fingerprint density at radius 3 is 2.61 bits per heavy atom. The summed E-state index contributed by atoms with van der Waals surface area (Å²) in [5.74, 6) is -0.324. The Kier molecular flexibility index (Phi) is 6.70. The first-order valence-electron chi connectivity index (χ1n) is 9.12. The third kappa shape index (κ3) is 5.11. The topological polar surface area (TPSA) is 90.7 Å². The van der Waals surface area contributed by atoms with Crippen molar-refractivity contribution >= 4 is 27.7 Å². The molecule has 3 rings (SSSR count). The highest BCUT2D eigenvalue weighted by Crippen LogP contribution is 2.35. The molecule has 2 aromatic carbocycles. The van der Waals surface area contributed by atoms with E-state index in [4.69, 9.17) is 15.2 Å². The minimum absolute atomic E-state index is 0.132. The second-order valence-corrected chi connectivity index (χ2v) is 7.78. The molecule has 0 spiro atoms. The summed E-state index contributed by atoms with van der Waals surface area (Å²) in [6.45, 7) is 1.71. The van der Waals surface area contributed by atoms with E-state index in [-0.39, 0.29) is 17.9 Å². The number of hydrogen-bond donors (Lipinski definition) is 2. The van der Waals surface area contributed by atoms with E-state index in [0.29, 0.717) is 31.1 Å². The van der Waals surface area contributed by atoms with Crippen molar-refractivity contribution in [1.29, 1.82) is 0 Å². The van der Waals surface area contributed by atoms with Gasteiger partial charge >= 0.3 is 0 Å². The molecule has 0 aliphatic carbocycles. The van der Waals surface area contributed by atoms with Crippen molar-refractivity contribution in [3.63, 3.8) is 0 Å². The summed E-state index contributed by atoms with van der Waals surface area (Å²) in [6, 6.07) is 14.7. The van der Waals surface area contributed by atoms with Crippen LogP contribution < -0.4 is 15.8 Å². The molecular weight excluding hydrogens is 424 g/mol. The van der Waals surface area contributed by atoms with E-state index in [1.54, 1.807) is 18.2 Å². The molecule has 2 amide bonds. The smallest absolute Gasteiger partial charge is 0.257 e. The molecule has 7 heteroatoms. The van der Waals surface area contributed by atoms with Crippen molar-refractivity contribution in [2.75, 3.05) is 26.4 Å². The van der Waals surface area contributed by atoms with Gasteiger partial charge in [-0.3, -0.25) is 9.59 Å². The Balaban J connectivity index is 1.61. The number of amides is 2. The van der Waals surface area contributed by atoms with Gasteiger partial charge in [-0.25, -0.2) is 0 Å². The highest BCUT2D eigenvalue weighted by molar-refractivity contribution is 9.10. The summed E-state index contributed by atoms with van der Waals surface area (Å²) in [5.41, 5.74) is 6.62. The Morgan fingerprint density at radius 2 is 1.89 bits per heavy atom. The Morgan fingerprint density at radius 1 is 1.14 bits per heavy atom. The average molecular weight is 447 g/mol. The van der Waals surface area contributed by atoms with Gasteiger partial charge in [0, 0.05) is 35.2 Å². The number of nitrogens with one attached hydrogen (secondary N) is 1. The largest absolute Gasteiger partial charge is 0.484 e. The van der Waals surface area contributed by atoms with Crippen LogP contribution in [0, 0.1) is 0 Å². The molecule has 0 aromatic heterocycles. The van der Waals surface area contributed by atoms with E-state index in [9.17, 15) is 9.59 Å². The van der Waals surface area contributed by atoms with Crippen molar-refractivity contribution < 1.29 is 19.1 Å². The van der Waals surface area contributed by atoms with Crippen LogP contribution in [0.2, 0.25) is 0 Å². The Labute approximate surface area is 172 Å². The maximum absolute atomic E-state index is 12.4. The number of carbonyl (C=O) groups is 2. The number of halogens is 1. The van der Waals surface area contributed by atoms with Gasteiger partial charge in [-0.2, -0.15) is 0 Å². The summed E-state index contributed by atoms with van der Waals surface area (Å²) >= 11 is 3.53. The van der Waals surface area contributed by atoms with Crippen LogP contribution >= 0.6 is 15.9 Å². The Hall–Kier alpha value is -2.38. The lowest BCUT2D eigenvalue weighted by Crippen LogP contribution is -2.45. The maximum Gasteiger partial charge on any atom is 0.257 e. The van der Waals surface area contributed by atoms with Crippen LogP contribution in [0.3, 0.4) is 0 Å². The summed E-state index contributed by atoms with van der Waals surface area (Å²) in [5, 5.41) is 2.99. The van der Waals surface area contributed by atoms with Gasteiger partial charge in [0.25, 0.3) is 5.91 Å². The zero-order valence-electron chi connectivity index (χ0n) is 15.4. The molecule has 1 aliphatic heterocycles. The molecular formula is C21H23BrN2O4. The van der Waals surface area contributed by atoms with Gasteiger partial charge in [-0.1, -0.05) is 34.1 Å². The van der Waals surface area contributed by atoms with E-state index >= 15 is 0 Å². The summed E-state index contributed by atoms with van der Waals surface area (Å²) in [7, 11) is 0. The minimum atomic E-state index is -0.537. The predicted molar refractivity (Wildman–Crippen MR) is 109 cm³/mol. The highest BCUT2D eigenvalue weighted by atomic mass is 79.9. The standard InChI is InChI=1S/C21H23BrN2O4/c22-17-5-2-4-16(12-17)21(7-9-27-10-8-21)14-24-19(25)13-28-18-6-1-3-15(11-18)20(23)26/h1-6,11-12H,7-10,13-14H2,(H2,23,26)(H,24,25). The van der Waals surface area contributed by atoms with Gasteiger partial charge in [-0.05, 0) is 48.7 Å². The lowest BCUT2D eigenvalue weighted by molar-refractivity contribution is -0.123. The van der Waals surface area contributed by atoms with Gasteiger partial charge in [0.05, 0.1) is 0 Å². The van der Waals surface area contributed by atoms with Crippen LogP contribution in [0.25, 0.3) is 0 Å². The van der Waals surface area contributed by atoms with Crippen LogP contribution in [0.4, 0.5) is 0 Å². The van der Waals surface area contributed by atoms with Gasteiger partial charge in [0.1, 0.15) is 5.75 Å². The SMILES string of the molecule is NC(=O)c1cccc(OCC(=O)NCC2(c3cccc(Br)c3)CCOCC2)c1. The first kappa shape index (κ1) is 20.4. The lowest BCUT2D eigenvalue weighted by Gasteiger charge is -2.38. The third-order valence-electron chi connectivity index (χ3n) is 5.00. The van der Waals surface area contributed by atoms with Crippen molar-refractivity contribution in [1.82, 2.24) is 5.32 Å². The van der Waals surface area contributed by atoms with Crippen molar-refractivity contribution in [3.8, 4) is 5.75 Å². The van der Waals surface area contributed by atoms with E-state index in [2.05, 4.69) is 33.4 Å². The summed E-state index contributed by atoms with van der Waals surface area (Å²) in [6.07, 6.45) is 1.68. The van der Waals surface area contributed by atoms with Crippen LogP contribution in [-0.2, 0) is 14.9 Å². The molecule has 6 nitrogen and oxygen atoms in total. The number of primary amides is 1. The summed E-state index contributed by atoms with van der Waals surface area (Å²) < 4.78 is 12.1. The van der Waals surface area contributed by atoms with E-state index in [0.717, 1.165) is 17.3 Å². The normalized spacial score (nSPS) is 15.6. The predicted octanol–water partition coefficient (Wildman–Crippen LogP) is 2.79. The number of benzene rings is 2. The van der Waals surface area contributed by atoms with Crippen LogP contribution in [0.15, 0.2) is 53.0 Å². The van der Waals surface area contributed by atoms with E-state index < -0.39 is 5.91 Å². The third-order valence-corrected chi connectivity index (χ3v) is 5.49. The molecule has 3 N–H and O–H groups in total. The quantitative estimate of drug-likeness (QED) is 0.683. The first-order valence-corrected chi connectivity index (χ1v) is 9.91. The zero-order chi connectivity index (χ0) is 20.0. The number of ether oxygens (including phenoxy) is 2. The first-order chi connectivity index (χ1) is 13.5. The highest BCUT2D eigenvalue weighted by Gasteiger charge is 2.35. The minimum Gasteiger partial charge on any atom is -0.484 e. The molecule has 0 bridgehead atoms. The van der Waals surface area contributed by atoms with Gasteiger partial charge in [0.2, 0.25) is 5.91 Å². The van der Waals surface area contributed by atoms with E-state index in [1.165, 1.54) is 11.6 Å². The van der Waals surface area contributed by atoms with Gasteiger partial charge < -0.3 is 20.5 Å². The molecule has 1 fully saturated rings. The second-order valence-electron chi connectivity index (χ2n) is 6.86. The average Bonchev–Trinajstić information content (AvgIpc) is 2.71. The number of rotatable bonds is 7. The van der Waals surface area contributed by atoms with Crippen LogP contribution in [0.5, 0.6) is 5.75 Å². The fourth-order valence-corrected chi connectivity index (χ4v) is 3.75. The molecule has 1 aliphatic rings. The van der Waals surface area contributed by atoms with Crippen LogP contribution in [0.1, 0.15) is 28.8 Å². The molecule has 0 unspecified atom stereocenters. The molecule has 1 saturated heterocycles. The molecule has 2 aromatic rings. The van der Waals surface area contributed by atoms with Crippen molar-refractivity contribution in [2.45, 2.75) is 18.3 Å². The number of nitrogens with two attached hydrogens (primary N) is 1. The van der Waals surface area contributed by atoms with Crippen LogP contribution in [-0.4, -0.2) is 38.2 Å². The molecule has 0 saturated carbocycles. The lowest BCUT2D eigenvalue weighted by atomic mass is 9.74. The molecule has 0 atom stereocenters. The fourth-order valence-electron chi connectivity index (χ4n) is 3.35. The monoisotopic (exact) mass is 446 g/mol. The van der Waals surface area contributed by atoms with Crippen molar-refractivity contribution in [2.24, 2.45) is 5.73 Å². The zero-order valence-corrected chi connectivity index (χ0v) is 17.0. The van der Waals surface area contributed by atoms with Crippen molar-refractivity contribution in [3.05, 3.63) is 64.1 Å². The Bertz CT molecular complexity index is 850. The maximum atomic E-state index is 12.4.